The van der Waals surface area contributed by atoms with Crippen molar-refractivity contribution in [3.8, 4) is 11.3 Å². The minimum absolute atomic E-state index is 0.0432. The van der Waals surface area contributed by atoms with Crippen LogP contribution >= 0.6 is 0 Å². The van der Waals surface area contributed by atoms with E-state index in [1.54, 1.807) is 12.4 Å². The number of anilines is 3. The number of fused-ring (bicyclic) bond motifs is 1. The van der Waals surface area contributed by atoms with Crippen molar-refractivity contribution in [3.05, 3.63) is 53.5 Å². The van der Waals surface area contributed by atoms with Crippen molar-refractivity contribution in [2.75, 3.05) is 42.3 Å². The average molecular weight is 488 g/mol. The summed E-state index contributed by atoms with van der Waals surface area (Å²) in [6.45, 7) is 4.96. The van der Waals surface area contributed by atoms with Gasteiger partial charge in [0.1, 0.15) is 0 Å². The number of aryl methyl sites for hydroxylation is 1. The van der Waals surface area contributed by atoms with Gasteiger partial charge >= 0.3 is 0 Å². The Labute approximate surface area is 211 Å². The number of para-hydroxylation sites is 1. The number of nitrogens with zero attached hydrogens (tertiary/aromatic N) is 5. The molecule has 0 spiro atoms. The molecule has 1 saturated heterocycles. The first kappa shape index (κ1) is 24.1. The molecule has 1 aliphatic heterocycles. The van der Waals surface area contributed by atoms with Crippen molar-refractivity contribution >= 4 is 23.5 Å². The van der Waals surface area contributed by atoms with Gasteiger partial charge < -0.3 is 20.7 Å². The molecular formula is C27H33N7O2. The summed E-state index contributed by atoms with van der Waals surface area (Å²) < 4.78 is 5.52. The first-order chi connectivity index (χ1) is 17.6. The molecule has 1 atom stereocenters. The number of ether oxygens (including phenoxy) is 1. The molecular weight excluding hydrogens is 454 g/mol. The zero-order valence-corrected chi connectivity index (χ0v) is 20.7. The number of nitrogens with two attached hydrogens (primary N) is 1. The Kier molecular flexibility index (Phi) is 7.36. The highest BCUT2D eigenvalue weighted by molar-refractivity contribution is 5.91. The van der Waals surface area contributed by atoms with Crippen LogP contribution < -0.4 is 16.0 Å². The van der Waals surface area contributed by atoms with E-state index in [1.807, 2.05) is 18.2 Å². The minimum atomic E-state index is 0.0432. The number of amides is 1. The molecule has 3 N–H and O–H groups in total. The van der Waals surface area contributed by atoms with Gasteiger partial charge in [-0.2, -0.15) is 0 Å². The fraction of sp³-hybridized carbons (Fsp3) is 0.444. The Hall–Kier alpha value is -3.59. The summed E-state index contributed by atoms with van der Waals surface area (Å²) in [5, 5.41) is 3.13. The van der Waals surface area contributed by atoms with Gasteiger partial charge in [0.15, 0.2) is 0 Å². The second kappa shape index (κ2) is 11.0. The minimum Gasteiger partial charge on any atom is -0.378 e. The van der Waals surface area contributed by atoms with Crippen LogP contribution in [0.3, 0.4) is 0 Å². The van der Waals surface area contributed by atoms with E-state index in [9.17, 15) is 4.79 Å². The lowest BCUT2D eigenvalue weighted by Crippen LogP contribution is -2.37. The first-order valence-corrected chi connectivity index (χ1v) is 12.8. The van der Waals surface area contributed by atoms with Crippen molar-refractivity contribution in [3.63, 3.8) is 0 Å². The van der Waals surface area contributed by atoms with E-state index in [0.717, 1.165) is 73.4 Å². The smallest absolute Gasteiger partial charge is 0.226 e. The van der Waals surface area contributed by atoms with Crippen LogP contribution in [0.2, 0.25) is 0 Å². The number of carbonyl (C=O) groups is 1. The SMILES string of the molecule is CCCc1ccccc1NC(=O)CCC1CCc2c(-c3cnc(N)nc3)nc(N3CCOCC3)nc21. The number of carbonyl (C=O) groups excluding carboxylic acids is 1. The number of morpholine rings is 1. The molecule has 9 heteroatoms. The van der Waals surface area contributed by atoms with Gasteiger partial charge in [-0.25, -0.2) is 19.9 Å². The van der Waals surface area contributed by atoms with Crippen LogP contribution in [0.25, 0.3) is 11.3 Å². The number of nitrogen functional groups attached to an aromatic ring is 1. The number of rotatable bonds is 8. The zero-order valence-electron chi connectivity index (χ0n) is 20.7. The summed E-state index contributed by atoms with van der Waals surface area (Å²) in [5.41, 5.74) is 11.7. The molecule has 2 aliphatic rings. The molecule has 1 amide bonds. The molecule has 1 aromatic carbocycles. The molecule has 36 heavy (non-hydrogen) atoms. The first-order valence-electron chi connectivity index (χ1n) is 12.8. The summed E-state index contributed by atoms with van der Waals surface area (Å²) in [6.07, 6.45) is 8.44. The van der Waals surface area contributed by atoms with Crippen molar-refractivity contribution in [2.45, 2.75) is 51.4 Å². The van der Waals surface area contributed by atoms with Gasteiger partial charge in [0.2, 0.25) is 17.8 Å². The van der Waals surface area contributed by atoms with E-state index in [2.05, 4.69) is 33.2 Å². The molecule has 188 valence electrons. The highest BCUT2D eigenvalue weighted by atomic mass is 16.5. The lowest BCUT2D eigenvalue weighted by Gasteiger charge is -2.28. The third-order valence-electron chi connectivity index (χ3n) is 6.93. The van der Waals surface area contributed by atoms with Gasteiger partial charge in [0.25, 0.3) is 0 Å². The maximum absolute atomic E-state index is 12.9. The lowest BCUT2D eigenvalue weighted by molar-refractivity contribution is -0.116. The molecule has 9 nitrogen and oxygen atoms in total. The fourth-order valence-corrected chi connectivity index (χ4v) is 5.06. The predicted octanol–water partition coefficient (Wildman–Crippen LogP) is 3.75. The highest BCUT2D eigenvalue weighted by Crippen LogP contribution is 2.40. The molecule has 5 rings (SSSR count). The Balaban J connectivity index is 1.36. The number of hydrogen-bond acceptors (Lipinski definition) is 8. The quantitative estimate of drug-likeness (QED) is 0.493. The Bertz CT molecular complexity index is 1210. The third-order valence-corrected chi connectivity index (χ3v) is 6.93. The van der Waals surface area contributed by atoms with E-state index in [0.29, 0.717) is 25.6 Å². The number of nitrogens with one attached hydrogen (secondary N) is 1. The topological polar surface area (TPSA) is 119 Å². The van der Waals surface area contributed by atoms with Crippen molar-refractivity contribution in [1.29, 1.82) is 0 Å². The van der Waals surface area contributed by atoms with Crippen LogP contribution in [-0.4, -0.2) is 52.1 Å². The van der Waals surface area contributed by atoms with Gasteiger partial charge in [0, 0.05) is 54.6 Å². The molecule has 1 fully saturated rings. The predicted molar refractivity (Wildman–Crippen MR) is 140 cm³/mol. The monoisotopic (exact) mass is 487 g/mol. The largest absolute Gasteiger partial charge is 0.378 e. The molecule has 2 aromatic heterocycles. The molecule has 1 unspecified atom stereocenters. The summed E-state index contributed by atoms with van der Waals surface area (Å²) in [4.78, 5) is 33.4. The fourth-order valence-electron chi connectivity index (χ4n) is 5.06. The van der Waals surface area contributed by atoms with E-state index < -0.39 is 0 Å². The van der Waals surface area contributed by atoms with Gasteiger partial charge in [-0.1, -0.05) is 31.5 Å². The van der Waals surface area contributed by atoms with Crippen LogP contribution in [-0.2, 0) is 22.4 Å². The summed E-state index contributed by atoms with van der Waals surface area (Å²) in [6, 6.07) is 8.05. The van der Waals surface area contributed by atoms with E-state index in [1.165, 1.54) is 5.56 Å². The summed E-state index contributed by atoms with van der Waals surface area (Å²) >= 11 is 0. The molecule has 1 aliphatic carbocycles. The molecule has 3 heterocycles. The van der Waals surface area contributed by atoms with Crippen LogP contribution in [0.4, 0.5) is 17.6 Å². The van der Waals surface area contributed by atoms with E-state index in [4.69, 9.17) is 20.4 Å². The summed E-state index contributed by atoms with van der Waals surface area (Å²) in [5.74, 6) is 1.19. The van der Waals surface area contributed by atoms with Crippen LogP contribution in [0.1, 0.15) is 55.3 Å². The van der Waals surface area contributed by atoms with Gasteiger partial charge in [-0.3, -0.25) is 4.79 Å². The van der Waals surface area contributed by atoms with Crippen molar-refractivity contribution in [2.24, 2.45) is 0 Å². The third kappa shape index (κ3) is 5.31. The normalized spacial score (nSPS) is 17.1. The molecule has 0 radical (unpaired) electrons. The number of hydrogen-bond donors (Lipinski definition) is 2. The molecule has 3 aromatic rings. The zero-order chi connectivity index (χ0) is 24.9. The van der Waals surface area contributed by atoms with Gasteiger partial charge in [0.05, 0.1) is 24.6 Å². The maximum atomic E-state index is 12.9. The number of aromatic nitrogens is 4. The Morgan fingerprint density at radius 2 is 1.94 bits per heavy atom. The number of benzene rings is 1. The van der Waals surface area contributed by atoms with Crippen LogP contribution in [0.15, 0.2) is 36.7 Å². The lowest BCUT2D eigenvalue weighted by atomic mass is 9.99. The Morgan fingerprint density at radius 1 is 1.17 bits per heavy atom. The molecule has 0 bridgehead atoms. The second-order valence-electron chi connectivity index (χ2n) is 9.39. The highest BCUT2D eigenvalue weighted by Gasteiger charge is 2.30. The van der Waals surface area contributed by atoms with Crippen LogP contribution in [0, 0.1) is 0 Å². The van der Waals surface area contributed by atoms with E-state index in [-0.39, 0.29) is 17.8 Å². The van der Waals surface area contributed by atoms with Crippen LogP contribution in [0.5, 0.6) is 0 Å². The second-order valence-corrected chi connectivity index (χ2v) is 9.39. The van der Waals surface area contributed by atoms with Crippen molar-refractivity contribution in [1.82, 2.24) is 19.9 Å². The Morgan fingerprint density at radius 3 is 2.72 bits per heavy atom. The summed E-state index contributed by atoms with van der Waals surface area (Å²) in [7, 11) is 0. The van der Waals surface area contributed by atoms with Gasteiger partial charge in [-0.05, 0) is 37.3 Å². The average Bonchev–Trinajstić information content (AvgIpc) is 3.32. The van der Waals surface area contributed by atoms with E-state index >= 15 is 0 Å². The maximum Gasteiger partial charge on any atom is 0.226 e. The molecule has 0 saturated carbocycles. The van der Waals surface area contributed by atoms with Crippen molar-refractivity contribution < 1.29 is 9.53 Å². The standard InChI is InChI=1S/C27H33N7O2/c1-2-5-18-6-3-4-7-22(18)31-23(35)11-9-19-8-10-21-24(19)32-27(34-12-14-36-15-13-34)33-25(21)20-16-29-26(28)30-17-20/h3-4,6-7,16-17,19H,2,5,8-15H2,1H3,(H,31,35)(H2,28,29,30). The van der Waals surface area contributed by atoms with Gasteiger partial charge in [-0.15, -0.1) is 0 Å².